The fraction of sp³-hybridized carbons (Fsp3) is 0.476. The SMILES string of the molecule is CCn1cnc2c3c(c(O)cc21)C(=O)O[C@@H](C)CCCC(=O)C(=O)C(=O)CCC3. The fourth-order valence-corrected chi connectivity index (χ4v) is 3.63. The first-order valence-corrected chi connectivity index (χ1v) is 9.84. The van der Waals surface area contributed by atoms with Crippen LogP contribution in [0, 0.1) is 0 Å². The number of rotatable bonds is 1. The lowest BCUT2D eigenvalue weighted by molar-refractivity contribution is -0.144. The summed E-state index contributed by atoms with van der Waals surface area (Å²) in [5.74, 6) is -3.26. The van der Waals surface area contributed by atoms with Gasteiger partial charge in [-0.2, -0.15) is 0 Å². The normalized spacial score (nSPS) is 19.7. The summed E-state index contributed by atoms with van der Waals surface area (Å²) >= 11 is 0. The predicted octanol–water partition coefficient (Wildman–Crippen LogP) is 2.52. The lowest BCUT2D eigenvalue weighted by Gasteiger charge is -2.17. The molecule has 0 unspecified atom stereocenters. The molecule has 1 atom stereocenters. The molecule has 8 nitrogen and oxygen atoms in total. The molecule has 2 aromatic rings. The highest BCUT2D eigenvalue weighted by molar-refractivity contribution is 6.63. The van der Waals surface area contributed by atoms with Crippen LogP contribution in [0.5, 0.6) is 5.75 Å². The largest absolute Gasteiger partial charge is 0.507 e. The number of benzene rings is 1. The number of ether oxygens (including phenoxy) is 1. The zero-order valence-electron chi connectivity index (χ0n) is 16.6. The van der Waals surface area contributed by atoms with Crippen molar-refractivity contribution in [1.29, 1.82) is 0 Å². The van der Waals surface area contributed by atoms with Crippen LogP contribution in [0.2, 0.25) is 0 Å². The van der Waals surface area contributed by atoms with E-state index in [1.165, 1.54) is 6.07 Å². The molecule has 1 aromatic heterocycles. The zero-order valence-corrected chi connectivity index (χ0v) is 16.6. The lowest BCUT2D eigenvalue weighted by Crippen LogP contribution is -2.25. The molecule has 8 heteroatoms. The number of fused-ring (bicyclic) bond motifs is 3. The Hall–Kier alpha value is -3.03. The van der Waals surface area contributed by atoms with Gasteiger partial charge < -0.3 is 14.4 Å². The monoisotopic (exact) mass is 400 g/mol. The molecule has 1 N–H and O–H groups in total. The number of aromatic nitrogens is 2. The van der Waals surface area contributed by atoms with Gasteiger partial charge in [-0.15, -0.1) is 0 Å². The van der Waals surface area contributed by atoms with Crippen LogP contribution in [0.4, 0.5) is 0 Å². The van der Waals surface area contributed by atoms with Gasteiger partial charge in [0.1, 0.15) is 11.3 Å². The Morgan fingerprint density at radius 1 is 1.14 bits per heavy atom. The van der Waals surface area contributed by atoms with E-state index in [2.05, 4.69) is 4.98 Å². The van der Waals surface area contributed by atoms with Gasteiger partial charge >= 0.3 is 5.97 Å². The molecular formula is C21H24N2O6. The number of cyclic esters (lactones) is 1. The van der Waals surface area contributed by atoms with E-state index in [0.29, 0.717) is 36.0 Å². The van der Waals surface area contributed by atoms with Gasteiger partial charge in [0.15, 0.2) is 0 Å². The van der Waals surface area contributed by atoms with Gasteiger partial charge in [-0.25, -0.2) is 9.78 Å². The maximum Gasteiger partial charge on any atom is 0.342 e. The quantitative estimate of drug-likeness (QED) is 0.577. The van der Waals surface area contributed by atoms with Crippen molar-refractivity contribution < 1.29 is 29.0 Å². The highest BCUT2D eigenvalue weighted by Gasteiger charge is 2.27. The van der Waals surface area contributed by atoms with E-state index >= 15 is 0 Å². The summed E-state index contributed by atoms with van der Waals surface area (Å²) in [6, 6.07) is 1.49. The van der Waals surface area contributed by atoms with Crippen LogP contribution in [0.3, 0.4) is 0 Å². The number of aromatic hydroxyl groups is 1. The minimum atomic E-state index is -0.969. The molecular weight excluding hydrogens is 376 g/mol. The Labute approximate surface area is 167 Å². The van der Waals surface area contributed by atoms with E-state index in [1.807, 2.05) is 11.5 Å². The summed E-state index contributed by atoms with van der Waals surface area (Å²) in [7, 11) is 0. The number of aryl methyl sites for hydroxylation is 2. The van der Waals surface area contributed by atoms with Crippen LogP contribution in [-0.2, 0) is 32.1 Å². The summed E-state index contributed by atoms with van der Waals surface area (Å²) in [6.45, 7) is 4.25. The zero-order chi connectivity index (χ0) is 21.1. The molecule has 29 heavy (non-hydrogen) atoms. The summed E-state index contributed by atoms with van der Waals surface area (Å²) in [5.41, 5.74) is 1.74. The first kappa shape index (κ1) is 20.7. The average Bonchev–Trinajstić information content (AvgIpc) is 3.08. The third-order valence-corrected chi connectivity index (χ3v) is 5.20. The number of phenols is 1. The maximum atomic E-state index is 12.8. The second kappa shape index (κ2) is 8.55. The fourth-order valence-electron chi connectivity index (χ4n) is 3.63. The standard InChI is InChI=1S/C21H24N2O6/c1-3-23-11-22-19-13-7-5-9-16(25)20(27)15(24)8-4-6-12(2)29-21(28)18(13)17(26)10-14(19)23/h10-12,26H,3-9H2,1-2H3/t12-/m0/s1. The van der Waals surface area contributed by atoms with Gasteiger partial charge in [-0.1, -0.05) is 0 Å². The molecule has 0 radical (unpaired) electrons. The van der Waals surface area contributed by atoms with Gasteiger partial charge in [0.2, 0.25) is 11.6 Å². The number of carbonyl (C=O) groups excluding carboxylic acids is 4. The van der Waals surface area contributed by atoms with Crippen LogP contribution in [0.1, 0.15) is 61.9 Å². The number of ketones is 3. The number of hydrogen-bond acceptors (Lipinski definition) is 7. The molecule has 0 fully saturated rings. The molecule has 1 aliphatic heterocycles. The van der Waals surface area contributed by atoms with Crippen LogP contribution in [0.15, 0.2) is 12.4 Å². The molecule has 1 aromatic carbocycles. The Morgan fingerprint density at radius 3 is 2.52 bits per heavy atom. The molecule has 0 saturated heterocycles. The van der Waals surface area contributed by atoms with Crippen molar-refractivity contribution in [1.82, 2.24) is 9.55 Å². The van der Waals surface area contributed by atoms with Crippen LogP contribution in [-0.4, -0.2) is 44.1 Å². The minimum Gasteiger partial charge on any atom is -0.507 e. The van der Waals surface area contributed by atoms with E-state index in [9.17, 15) is 24.3 Å². The Kier molecular flexibility index (Phi) is 6.10. The third-order valence-electron chi connectivity index (χ3n) is 5.20. The van der Waals surface area contributed by atoms with Crippen molar-refractivity contribution >= 4 is 34.4 Å². The van der Waals surface area contributed by atoms with Gasteiger partial charge in [0.25, 0.3) is 5.78 Å². The van der Waals surface area contributed by atoms with Gasteiger partial charge in [0, 0.05) is 25.5 Å². The molecule has 3 rings (SSSR count). The van der Waals surface area contributed by atoms with Gasteiger partial charge in [-0.3, -0.25) is 14.4 Å². The van der Waals surface area contributed by atoms with Crippen molar-refractivity contribution in [3.05, 3.63) is 23.5 Å². The van der Waals surface area contributed by atoms with Crippen molar-refractivity contribution in [3.8, 4) is 5.75 Å². The topological polar surface area (TPSA) is 116 Å². The molecule has 1 aliphatic rings. The van der Waals surface area contributed by atoms with Crippen molar-refractivity contribution in [3.63, 3.8) is 0 Å². The number of esters is 1. The van der Waals surface area contributed by atoms with Crippen molar-refractivity contribution in [2.24, 2.45) is 0 Å². The van der Waals surface area contributed by atoms with Gasteiger partial charge in [-0.05, 0) is 45.1 Å². The third kappa shape index (κ3) is 4.21. The Bertz CT molecular complexity index is 991. The number of carbonyl (C=O) groups is 4. The molecule has 154 valence electrons. The van der Waals surface area contributed by atoms with Crippen molar-refractivity contribution in [2.75, 3.05) is 0 Å². The van der Waals surface area contributed by atoms with E-state index in [0.717, 1.165) is 0 Å². The number of hydrogen-bond donors (Lipinski definition) is 1. The number of nitrogens with zero attached hydrogens (tertiary/aromatic N) is 2. The molecule has 0 saturated carbocycles. The summed E-state index contributed by atoms with van der Waals surface area (Å²) < 4.78 is 7.31. The van der Waals surface area contributed by atoms with Gasteiger partial charge in [0.05, 0.1) is 23.5 Å². The number of phenolic OH excluding ortho intramolecular Hbond substituents is 1. The number of Topliss-reactive ketones (excluding diaryl/α,β-unsaturated/α-hetero) is 3. The summed E-state index contributed by atoms with van der Waals surface area (Å²) in [5, 5.41) is 10.6. The van der Waals surface area contributed by atoms with Crippen LogP contribution in [0.25, 0.3) is 11.0 Å². The second-order valence-electron chi connectivity index (χ2n) is 7.28. The Morgan fingerprint density at radius 2 is 1.83 bits per heavy atom. The van der Waals surface area contributed by atoms with E-state index < -0.39 is 29.4 Å². The molecule has 0 spiro atoms. The highest BCUT2D eigenvalue weighted by atomic mass is 16.5. The lowest BCUT2D eigenvalue weighted by atomic mass is 9.96. The van der Waals surface area contributed by atoms with E-state index in [-0.39, 0.29) is 37.0 Å². The Balaban J connectivity index is 2.05. The molecule has 0 amide bonds. The average molecular weight is 400 g/mol. The maximum absolute atomic E-state index is 12.8. The predicted molar refractivity (Wildman–Crippen MR) is 104 cm³/mol. The molecule has 0 aliphatic carbocycles. The smallest absolute Gasteiger partial charge is 0.342 e. The van der Waals surface area contributed by atoms with E-state index in [1.54, 1.807) is 13.3 Å². The first-order valence-electron chi connectivity index (χ1n) is 9.84. The highest BCUT2D eigenvalue weighted by Crippen LogP contribution is 2.32. The summed E-state index contributed by atoms with van der Waals surface area (Å²) in [6.07, 6.45) is 2.11. The first-order chi connectivity index (χ1) is 13.8. The summed E-state index contributed by atoms with van der Waals surface area (Å²) in [4.78, 5) is 53.1. The molecule has 0 bridgehead atoms. The second-order valence-corrected chi connectivity index (χ2v) is 7.28. The van der Waals surface area contributed by atoms with Crippen LogP contribution < -0.4 is 0 Å². The van der Waals surface area contributed by atoms with Crippen LogP contribution >= 0.6 is 0 Å². The number of imidazole rings is 1. The van der Waals surface area contributed by atoms with E-state index in [4.69, 9.17) is 4.74 Å². The minimum absolute atomic E-state index is 0.0395. The molecule has 2 heterocycles. The van der Waals surface area contributed by atoms with Crippen molar-refractivity contribution in [2.45, 2.75) is 65.0 Å².